The summed E-state index contributed by atoms with van der Waals surface area (Å²) >= 11 is 0. The number of esters is 3. The Labute approximate surface area is 428 Å². The molecular weight excluding hydrogens is 853 g/mol. The van der Waals surface area contributed by atoms with Crippen molar-refractivity contribution in [1.29, 1.82) is 0 Å². The Morgan fingerprint density at radius 3 is 0.870 bits per heavy atom. The molecule has 1 atom stereocenters. The molecule has 0 amide bonds. The Kier molecular flexibility index (Phi) is 55.3. The number of ether oxygens (including phenoxy) is 3. The van der Waals surface area contributed by atoms with E-state index in [1.807, 2.05) is 0 Å². The summed E-state index contributed by atoms with van der Waals surface area (Å²) in [7, 11) is 0. The lowest BCUT2D eigenvalue weighted by molar-refractivity contribution is -0.167. The van der Waals surface area contributed by atoms with Crippen LogP contribution < -0.4 is 0 Å². The molecule has 0 saturated heterocycles. The van der Waals surface area contributed by atoms with E-state index in [1.165, 1.54) is 173 Å². The van der Waals surface area contributed by atoms with Crippen LogP contribution in [0.2, 0.25) is 0 Å². The van der Waals surface area contributed by atoms with E-state index in [1.54, 1.807) is 0 Å². The van der Waals surface area contributed by atoms with Gasteiger partial charge in [-0.2, -0.15) is 0 Å². The molecule has 0 aromatic heterocycles. The van der Waals surface area contributed by atoms with Crippen molar-refractivity contribution >= 4 is 17.9 Å². The maximum Gasteiger partial charge on any atom is 0.306 e. The van der Waals surface area contributed by atoms with Crippen molar-refractivity contribution in [3.8, 4) is 0 Å². The van der Waals surface area contributed by atoms with Gasteiger partial charge in [-0.25, -0.2) is 0 Å². The normalized spacial score (nSPS) is 12.4. The van der Waals surface area contributed by atoms with Crippen molar-refractivity contribution in [3.05, 3.63) is 60.8 Å². The molecular formula is C63H112O6. The van der Waals surface area contributed by atoms with Crippen molar-refractivity contribution in [2.75, 3.05) is 13.2 Å². The first-order chi connectivity index (χ1) is 34.0. The van der Waals surface area contributed by atoms with Gasteiger partial charge in [0.15, 0.2) is 6.10 Å². The molecule has 6 nitrogen and oxygen atoms in total. The highest BCUT2D eigenvalue weighted by Gasteiger charge is 2.19. The van der Waals surface area contributed by atoms with Gasteiger partial charge in [0.25, 0.3) is 0 Å². The van der Waals surface area contributed by atoms with Gasteiger partial charge >= 0.3 is 17.9 Å². The van der Waals surface area contributed by atoms with Crippen LogP contribution in [0.15, 0.2) is 60.8 Å². The van der Waals surface area contributed by atoms with Crippen LogP contribution in [0.25, 0.3) is 0 Å². The van der Waals surface area contributed by atoms with Gasteiger partial charge in [0, 0.05) is 19.3 Å². The highest BCUT2D eigenvalue weighted by molar-refractivity contribution is 5.71. The van der Waals surface area contributed by atoms with Gasteiger partial charge in [0.2, 0.25) is 0 Å². The molecule has 0 aliphatic heterocycles. The first-order valence-electron chi connectivity index (χ1n) is 29.8. The third-order valence-electron chi connectivity index (χ3n) is 13.0. The maximum absolute atomic E-state index is 12.9. The van der Waals surface area contributed by atoms with Crippen LogP contribution in [0.5, 0.6) is 0 Å². The van der Waals surface area contributed by atoms with E-state index in [-0.39, 0.29) is 31.1 Å². The van der Waals surface area contributed by atoms with Crippen molar-refractivity contribution in [1.82, 2.24) is 0 Å². The predicted octanol–water partition coefficient (Wildman–Crippen LogP) is 20.0. The van der Waals surface area contributed by atoms with Crippen LogP contribution in [-0.4, -0.2) is 37.2 Å². The fourth-order valence-corrected chi connectivity index (χ4v) is 8.48. The second-order valence-corrected chi connectivity index (χ2v) is 19.9. The number of carbonyl (C=O) groups excluding carboxylic acids is 3. The zero-order valence-electron chi connectivity index (χ0n) is 45.8. The Morgan fingerprint density at radius 1 is 0.290 bits per heavy atom. The Hall–Kier alpha value is -2.89. The van der Waals surface area contributed by atoms with Crippen molar-refractivity contribution < 1.29 is 28.6 Å². The lowest BCUT2D eigenvalue weighted by Gasteiger charge is -2.18. The first kappa shape index (κ1) is 66.1. The van der Waals surface area contributed by atoms with Crippen LogP contribution in [0.4, 0.5) is 0 Å². The molecule has 0 radical (unpaired) electrons. The summed E-state index contributed by atoms with van der Waals surface area (Å²) in [4.78, 5) is 38.2. The lowest BCUT2D eigenvalue weighted by atomic mass is 10.0. The topological polar surface area (TPSA) is 78.9 Å². The zero-order valence-corrected chi connectivity index (χ0v) is 45.8. The highest BCUT2D eigenvalue weighted by Crippen LogP contribution is 2.16. The average molecular weight is 966 g/mol. The third-order valence-corrected chi connectivity index (χ3v) is 13.0. The van der Waals surface area contributed by atoms with Crippen LogP contribution in [0.1, 0.15) is 303 Å². The van der Waals surface area contributed by atoms with E-state index < -0.39 is 6.10 Å². The molecule has 0 aromatic rings. The molecule has 0 heterocycles. The van der Waals surface area contributed by atoms with E-state index in [4.69, 9.17) is 14.2 Å². The van der Waals surface area contributed by atoms with E-state index in [0.717, 1.165) is 89.9 Å². The molecule has 0 aliphatic rings. The summed E-state index contributed by atoms with van der Waals surface area (Å²) in [5.41, 5.74) is 0. The molecule has 0 unspecified atom stereocenters. The second-order valence-electron chi connectivity index (χ2n) is 19.9. The van der Waals surface area contributed by atoms with Crippen molar-refractivity contribution in [3.63, 3.8) is 0 Å². The van der Waals surface area contributed by atoms with Crippen molar-refractivity contribution in [2.24, 2.45) is 0 Å². The van der Waals surface area contributed by atoms with Gasteiger partial charge in [0.05, 0.1) is 0 Å². The van der Waals surface area contributed by atoms with Gasteiger partial charge in [-0.15, -0.1) is 0 Å². The first-order valence-corrected chi connectivity index (χ1v) is 29.8. The third kappa shape index (κ3) is 55.9. The Balaban J connectivity index is 4.41. The highest BCUT2D eigenvalue weighted by atomic mass is 16.6. The molecule has 69 heavy (non-hydrogen) atoms. The fraction of sp³-hybridized carbons (Fsp3) is 0.794. The standard InChI is InChI=1S/C63H112O6/c1-4-7-10-13-16-19-22-25-28-30-32-34-35-38-41-44-47-50-53-56-62(65)68-59-60(58-67-61(64)55-52-49-46-43-40-37-27-24-21-18-15-12-9-6-3)69-63(66)57-54-51-48-45-42-39-36-33-31-29-26-23-20-17-14-11-8-5-2/h16,19,24-25,27-28,32,34,38,41,60H,4-15,17-18,20-23,26,29-31,33,35-37,39-40,42-59H2,1-3H3/b19-16+,27-24+,28-25+,34-32+,41-38+/t60-/m1/s1. The van der Waals surface area contributed by atoms with Crippen LogP contribution in [0.3, 0.4) is 0 Å². The Bertz CT molecular complexity index is 1250. The molecule has 400 valence electrons. The average Bonchev–Trinajstić information content (AvgIpc) is 3.35. The smallest absolute Gasteiger partial charge is 0.306 e. The van der Waals surface area contributed by atoms with Crippen molar-refractivity contribution in [2.45, 2.75) is 309 Å². The minimum Gasteiger partial charge on any atom is -0.462 e. The molecule has 0 fully saturated rings. The summed E-state index contributed by atoms with van der Waals surface area (Å²) in [5.74, 6) is -0.911. The van der Waals surface area contributed by atoms with Crippen LogP contribution >= 0.6 is 0 Å². The van der Waals surface area contributed by atoms with Crippen LogP contribution in [0, 0.1) is 0 Å². The minimum absolute atomic E-state index is 0.0863. The van der Waals surface area contributed by atoms with E-state index >= 15 is 0 Å². The Morgan fingerprint density at radius 2 is 0.522 bits per heavy atom. The molecule has 0 aromatic carbocycles. The lowest BCUT2D eigenvalue weighted by Crippen LogP contribution is -2.30. The number of hydrogen-bond acceptors (Lipinski definition) is 6. The van der Waals surface area contributed by atoms with Gasteiger partial charge in [-0.05, 0) is 89.9 Å². The second kappa shape index (κ2) is 57.7. The minimum atomic E-state index is -0.789. The molecule has 0 spiro atoms. The SMILES string of the molecule is CCCCC/C=C/C/C=C/C/C=C/C/C=C/CCCCCC(=O)OC[C@@H](COC(=O)CCCCCCC/C=C/CCCCCCC)OC(=O)CCCCCCCCCCCCCCCCCCCC. The summed E-state index contributed by atoms with van der Waals surface area (Å²) in [6.07, 6.45) is 72.1. The zero-order chi connectivity index (χ0) is 50.0. The van der Waals surface area contributed by atoms with E-state index in [2.05, 4.69) is 81.5 Å². The number of rotatable bonds is 54. The molecule has 0 rings (SSSR count). The quantitative estimate of drug-likeness (QED) is 0.0262. The number of carbonyl (C=O) groups is 3. The van der Waals surface area contributed by atoms with Gasteiger partial charge in [-0.1, -0.05) is 255 Å². The number of hydrogen-bond donors (Lipinski definition) is 0. The van der Waals surface area contributed by atoms with Crippen LogP contribution in [-0.2, 0) is 28.6 Å². The molecule has 0 saturated carbocycles. The summed E-state index contributed by atoms with van der Waals surface area (Å²) < 4.78 is 16.9. The van der Waals surface area contributed by atoms with E-state index in [0.29, 0.717) is 19.3 Å². The molecule has 0 bridgehead atoms. The number of unbranched alkanes of at least 4 members (excludes halogenated alkanes) is 33. The molecule has 0 aliphatic carbocycles. The van der Waals surface area contributed by atoms with Gasteiger partial charge < -0.3 is 14.2 Å². The fourth-order valence-electron chi connectivity index (χ4n) is 8.48. The summed E-state index contributed by atoms with van der Waals surface area (Å²) in [6.45, 7) is 6.60. The maximum atomic E-state index is 12.9. The van der Waals surface area contributed by atoms with Gasteiger partial charge in [-0.3, -0.25) is 14.4 Å². The monoisotopic (exact) mass is 965 g/mol. The van der Waals surface area contributed by atoms with E-state index in [9.17, 15) is 14.4 Å². The summed E-state index contributed by atoms with van der Waals surface area (Å²) in [6, 6.07) is 0. The summed E-state index contributed by atoms with van der Waals surface area (Å²) in [5, 5.41) is 0. The predicted molar refractivity (Wildman–Crippen MR) is 298 cm³/mol. The molecule has 6 heteroatoms. The largest absolute Gasteiger partial charge is 0.462 e. The number of allylic oxidation sites excluding steroid dienone is 10. The van der Waals surface area contributed by atoms with Gasteiger partial charge in [0.1, 0.15) is 13.2 Å². The molecule has 0 N–H and O–H groups in total.